The molecule has 0 aromatic heterocycles. The van der Waals surface area contributed by atoms with Crippen LogP contribution in [0.25, 0.3) is 0 Å². The molecule has 6 heteroatoms. The molecule has 90 valence electrons. The van der Waals surface area contributed by atoms with Crippen molar-refractivity contribution in [2.45, 2.75) is 6.42 Å². The fourth-order valence-corrected chi connectivity index (χ4v) is 1.99. The minimum Gasteiger partial charge on any atom is -0.274 e. The van der Waals surface area contributed by atoms with Gasteiger partial charge in [-0.05, 0) is 12.1 Å². The average Bonchev–Trinajstić information content (AvgIpc) is 2.56. The molecule has 2 rings (SSSR count). The van der Waals surface area contributed by atoms with Crippen molar-refractivity contribution in [3.63, 3.8) is 0 Å². The molecule has 0 radical (unpaired) electrons. The zero-order chi connectivity index (χ0) is 12.6. The number of amides is 2. The number of imide groups is 1. The zero-order valence-electron chi connectivity index (χ0n) is 8.62. The Morgan fingerprint density at radius 2 is 1.88 bits per heavy atom. The van der Waals surface area contributed by atoms with Gasteiger partial charge in [0.2, 0.25) is 11.8 Å². The van der Waals surface area contributed by atoms with Gasteiger partial charge in [0.25, 0.3) is 0 Å². The number of alkyl halides is 1. The number of rotatable bonds is 2. The number of para-hydroxylation sites is 1. The van der Waals surface area contributed by atoms with Gasteiger partial charge < -0.3 is 0 Å². The van der Waals surface area contributed by atoms with Crippen LogP contribution < -0.4 is 4.90 Å². The van der Waals surface area contributed by atoms with Crippen LogP contribution in [0.3, 0.4) is 0 Å². The van der Waals surface area contributed by atoms with Crippen LogP contribution in [0.1, 0.15) is 6.42 Å². The van der Waals surface area contributed by atoms with Gasteiger partial charge >= 0.3 is 0 Å². The summed E-state index contributed by atoms with van der Waals surface area (Å²) >= 11 is 5.51. The van der Waals surface area contributed by atoms with Gasteiger partial charge in [-0.1, -0.05) is 6.07 Å². The largest absolute Gasteiger partial charge is 0.274 e. The Kier molecular flexibility index (Phi) is 3.11. The SMILES string of the molecule is O=C1CC(CCl)C(=O)N1c1c(F)cccc1F. The molecule has 0 saturated carbocycles. The minimum absolute atomic E-state index is 0.0445. The number of carbonyl (C=O) groups is 2. The number of hydrogen-bond acceptors (Lipinski definition) is 2. The molecule has 0 N–H and O–H groups in total. The van der Waals surface area contributed by atoms with Crippen LogP contribution in [0.5, 0.6) is 0 Å². The summed E-state index contributed by atoms with van der Waals surface area (Å²) in [4.78, 5) is 23.9. The number of anilines is 1. The molecular weight excluding hydrogens is 252 g/mol. The fourth-order valence-electron chi connectivity index (χ4n) is 1.75. The second kappa shape index (κ2) is 4.41. The summed E-state index contributed by atoms with van der Waals surface area (Å²) in [6, 6.07) is 3.15. The molecule has 17 heavy (non-hydrogen) atoms. The van der Waals surface area contributed by atoms with Crippen molar-refractivity contribution in [2.24, 2.45) is 5.92 Å². The van der Waals surface area contributed by atoms with E-state index < -0.39 is 35.1 Å². The quantitative estimate of drug-likeness (QED) is 0.602. The Balaban J connectivity index is 2.47. The van der Waals surface area contributed by atoms with E-state index in [1.54, 1.807) is 0 Å². The molecule has 1 aliphatic heterocycles. The summed E-state index contributed by atoms with van der Waals surface area (Å²) in [5, 5.41) is 0. The number of nitrogens with zero attached hydrogens (tertiary/aromatic N) is 1. The van der Waals surface area contributed by atoms with Crippen LogP contribution in [-0.2, 0) is 9.59 Å². The first kappa shape index (κ1) is 12.0. The molecule has 3 nitrogen and oxygen atoms in total. The van der Waals surface area contributed by atoms with Crippen LogP contribution >= 0.6 is 11.6 Å². The third-order valence-electron chi connectivity index (χ3n) is 2.59. The van der Waals surface area contributed by atoms with E-state index in [0.29, 0.717) is 4.90 Å². The number of hydrogen-bond donors (Lipinski definition) is 0. The van der Waals surface area contributed by atoms with E-state index in [1.807, 2.05) is 0 Å². The smallest absolute Gasteiger partial charge is 0.238 e. The molecular formula is C11H8ClF2NO2. The first-order valence-corrected chi connectivity index (χ1v) is 5.46. The van der Waals surface area contributed by atoms with Crippen molar-refractivity contribution in [1.29, 1.82) is 0 Å². The van der Waals surface area contributed by atoms with Crippen LogP contribution in [0, 0.1) is 17.6 Å². The number of benzene rings is 1. The molecule has 1 aromatic rings. The molecule has 1 aromatic carbocycles. The van der Waals surface area contributed by atoms with Crippen LogP contribution in [0.2, 0.25) is 0 Å². The second-order valence-corrected chi connectivity index (χ2v) is 4.00. The Morgan fingerprint density at radius 1 is 1.29 bits per heavy atom. The minimum atomic E-state index is -0.943. The summed E-state index contributed by atoms with van der Waals surface area (Å²) in [5.74, 6) is -3.93. The van der Waals surface area contributed by atoms with Crippen molar-refractivity contribution >= 4 is 29.1 Å². The summed E-state index contributed by atoms with van der Waals surface area (Å²) in [7, 11) is 0. The van der Waals surface area contributed by atoms with Gasteiger partial charge in [0.05, 0.1) is 5.92 Å². The predicted molar refractivity (Wildman–Crippen MR) is 57.7 cm³/mol. The third kappa shape index (κ3) is 1.91. The van der Waals surface area contributed by atoms with Crippen LogP contribution in [0.4, 0.5) is 14.5 Å². The molecule has 1 unspecified atom stereocenters. The zero-order valence-corrected chi connectivity index (χ0v) is 9.38. The lowest BCUT2D eigenvalue weighted by atomic mass is 10.1. The maximum Gasteiger partial charge on any atom is 0.238 e. The Bertz CT molecular complexity index is 472. The normalized spacial score (nSPS) is 20.2. The third-order valence-corrected chi connectivity index (χ3v) is 2.96. The number of halogens is 3. The van der Waals surface area contributed by atoms with E-state index in [1.165, 1.54) is 0 Å². The van der Waals surface area contributed by atoms with Gasteiger partial charge in [0.15, 0.2) is 0 Å². The topological polar surface area (TPSA) is 37.4 Å². The maximum atomic E-state index is 13.5. The Hall–Kier alpha value is -1.49. The standard InChI is InChI=1S/C11H8ClF2NO2/c12-5-6-4-9(16)15(11(6)17)10-7(13)2-1-3-8(10)14/h1-3,6H,4-5H2. The Morgan fingerprint density at radius 3 is 2.35 bits per heavy atom. The average molecular weight is 260 g/mol. The van der Waals surface area contributed by atoms with Crippen molar-refractivity contribution in [2.75, 3.05) is 10.8 Å². The molecule has 2 amide bonds. The second-order valence-electron chi connectivity index (χ2n) is 3.69. The highest BCUT2D eigenvalue weighted by atomic mass is 35.5. The molecule has 1 saturated heterocycles. The lowest BCUT2D eigenvalue weighted by molar-refractivity contribution is -0.122. The summed E-state index contributed by atoms with van der Waals surface area (Å²) in [6.45, 7) is 0. The van der Waals surface area contributed by atoms with Gasteiger partial charge in [-0.15, -0.1) is 11.6 Å². The first-order chi connectivity index (χ1) is 8.06. The number of carbonyl (C=O) groups excluding carboxylic acids is 2. The van der Waals surface area contributed by atoms with Crippen LogP contribution in [0.15, 0.2) is 18.2 Å². The van der Waals surface area contributed by atoms with Crippen molar-refractivity contribution in [1.82, 2.24) is 0 Å². The van der Waals surface area contributed by atoms with Crippen molar-refractivity contribution in [3.8, 4) is 0 Å². The van der Waals surface area contributed by atoms with E-state index in [9.17, 15) is 18.4 Å². The van der Waals surface area contributed by atoms with E-state index in [0.717, 1.165) is 18.2 Å². The van der Waals surface area contributed by atoms with Gasteiger partial charge in [0.1, 0.15) is 17.3 Å². The predicted octanol–water partition coefficient (Wildman–Crippen LogP) is 2.08. The molecule has 0 aliphatic carbocycles. The molecule has 1 heterocycles. The summed E-state index contributed by atoms with van der Waals surface area (Å²) in [6.07, 6.45) is -0.115. The van der Waals surface area contributed by atoms with E-state index in [4.69, 9.17) is 11.6 Å². The lowest BCUT2D eigenvalue weighted by Crippen LogP contribution is -2.32. The van der Waals surface area contributed by atoms with Crippen molar-refractivity contribution < 1.29 is 18.4 Å². The summed E-state index contributed by atoms with van der Waals surface area (Å²) < 4.78 is 26.9. The lowest BCUT2D eigenvalue weighted by Gasteiger charge is -2.15. The van der Waals surface area contributed by atoms with E-state index >= 15 is 0 Å². The first-order valence-electron chi connectivity index (χ1n) is 4.93. The summed E-state index contributed by atoms with van der Waals surface area (Å²) in [5.41, 5.74) is -0.616. The highest BCUT2D eigenvalue weighted by molar-refractivity contribution is 6.26. The fraction of sp³-hybridized carbons (Fsp3) is 0.273. The van der Waals surface area contributed by atoms with Gasteiger partial charge in [-0.3, -0.25) is 9.59 Å². The highest BCUT2D eigenvalue weighted by Crippen LogP contribution is 2.31. The van der Waals surface area contributed by atoms with Gasteiger partial charge in [-0.2, -0.15) is 0 Å². The van der Waals surface area contributed by atoms with Crippen LogP contribution in [-0.4, -0.2) is 17.7 Å². The molecule has 0 bridgehead atoms. The molecule has 0 spiro atoms. The maximum absolute atomic E-state index is 13.5. The molecule has 1 atom stereocenters. The Labute approximate surface area is 101 Å². The molecule has 1 aliphatic rings. The monoisotopic (exact) mass is 259 g/mol. The van der Waals surface area contributed by atoms with Gasteiger partial charge in [-0.25, -0.2) is 13.7 Å². The van der Waals surface area contributed by atoms with E-state index in [-0.39, 0.29) is 12.3 Å². The molecule has 1 fully saturated rings. The van der Waals surface area contributed by atoms with Crippen molar-refractivity contribution in [3.05, 3.63) is 29.8 Å². The van der Waals surface area contributed by atoms with Gasteiger partial charge in [0, 0.05) is 12.3 Å². The highest BCUT2D eigenvalue weighted by Gasteiger charge is 2.41. The van der Waals surface area contributed by atoms with E-state index in [2.05, 4.69) is 0 Å².